The Morgan fingerprint density at radius 3 is 2.64 bits per heavy atom. The second-order valence-electron chi connectivity index (χ2n) is 3.20. The molecule has 0 spiro atoms. The van der Waals surface area contributed by atoms with Gasteiger partial charge in [-0.1, -0.05) is 25.5 Å². The van der Waals surface area contributed by atoms with Crippen LogP contribution in [0.15, 0.2) is 18.2 Å². The van der Waals surface area contributed by atoms with Gasteiger partial charge in [-0.15, -0.1) is 0 Å². The van der Waals surface area contributed by atoms with E-state index in [0.29, 0.717) is 11.8 Å². The van der Waals surface area contributed by atoms with Crippen LogP contribution in [0.2, 0.25) is 0 Å². The molecule has 3 nitrogen and oxygen atoms in total. The van der Waals surface area contributed by atoms with Crippen molar-refractivity contribution in [2.75, 3.05) is 0 Å². The molecule has 14 heavy (non-hydrogen) atoms. The zero-order valence-corrected chi connectivity index (χ0v) is 8.10. The first kappa shape index (κ1) is 11.0. The van der Waals surface area contributed by atoms with Crippen molar-refractivity contribution in [2.45, 2.75) is 19.8 Å². The molecule has 0 radical (unpaired) electrons. The third-order valence-corrected chi connectivity index (χ3v) is 2.10. The fraction of sp³-hybridized carbons (Fsp3) is 0.300. The number of rotatable bonds is 4. The largest absolute Gasteiger partial charge is 0.489 e. The lowest BCUT2D eigenvalue weighted by atomic mass is 9.76. The predicted octanol–water partition coefficient (Wildman–Crippen LogP) is 0.131. The molecule has 0 aliphatic heterocycles. The van der Waals surface area contributed by atoms with Crippen LogP contribution in [0, 0.1) is 0 Å². The predicted molar refractivity (Wildman–Crippen MR) is 55.7 cm³/mol. The summed E-state index contributed by atoms with van der Waals surface area (Å²) in [4.78, 5) is 10.7. The van der Waals surface area contributed by atoms with E-state index in [1.807, 2.05) is 6.07 Å². The Morgan fingerprint density at radius 1 is 1.43 bits per heavy atom. The van der Waals surface area contributed by atoms with Crippen molar-refractivity contribution in [3.63, 3.8) is 0 Å². The second-order valence-corrected chi connectivity index (χ2v) is 3.20. The van der Waals surface area contributed by atoms with E-state index < -0.39 is 7.12 Å². The molecule has 0 saturated carbocycles. The van der Waals surface area contributed by atoms with Gasteiger partial charge in [-0.25, -0.2) is 0 Å². The first-order chi connectivity index (χ1) is 6.69. The van der Waals surface area contributed by atoms with Gasteiger partial charge >= 0.3 is 7.12 Å². The Kier molecular flexibility index (Phi) is 3.86. The minimum Gasteiger partial charge on any atom is -0.423 e. The summed E-state index contributed by atoms with van der Waals surface area (Å²) in [6.07, 6.45) is 2.54. The molecule has 74 valence electrons. The minimum atomic E-state index is -1.58. The average molecular weight is 192 g/mol. The lowest BCUT2D eigenvalue weighted by Crippen LogP contribution is -2.33. The van der Waals surface area contributed by atoms with Crippen molar-refractivity contribution in [2.24, 2.45) is 0 Å². The fourth-order valence-electron chi connectivity index (χ4n) is 1.41. The van der Waals surface area contributed by atoms with E-state index in [2.05, 4.69) is 6.92 Å². The van der Waals surface area contributed by atoms with Crippen LogP contribution in [0.4, 0.5) is 0 Å². The van der Waals surface area contributed by atoms with Gasteiger partial charge in [0.05, 0.1) is 0 Å². The van der Waals surface area contributed by atoms with Crippen LogP contribution in [0.3, 0.4) is 0 Å². The Bertz CT molecular complexity index is 323. The summed E-state index contributed by atoms with van der Waals surface area (Å²) in [7, 11) is -1.58. The molecule has 0 aliphatic carbocycles. The molecule has 4 heteroatoms. The molecular formula is C10H13BO3. The van der Waals surface area contributed by atoms with Gasteiger partial charge in [0.25, 0.3) is 0 Å². The monoisotopic (exact) mass is 192 g/mol. The van der Waals surface area contributed by atoms with Gasteiger partial charge in [0, 0.05) is 5.56 Å². The van der Waals surface area contributed by atoms with Crippen molar-refractivity contribution >= 4 is 18.9 Å². The zero-order chi connectivity index (χ0) is 10.6. The molecule has 2 N–H and O–H groups in total. The highest BCUT2D eigenvalue weighted by Gasteiger charge is 2.15. The quantitative estimate of drug-likeness (QED) is 0.526. The molecule has 0 heterocycles. The Morgan fingerprint density at radius 2 is 2.14 bits per heavy atom. The highest BCUT2D eigenvalue weighted by atomic mass is 16.4. The Labute approximate surface area is 83.5 Å². The lowest BCUT2D eigenvalue weighted by Gasteiger charge is -2.05. The third kappa shape index (κ3) is 2.43. The molecule has 0 unspecified atom stereocenters. The van der Waals surface area contributed by atoms with Gasteiger partial charge in [-0.05, 0) is 23.5 Å². The van der Waals surface area contributed by atoms with E-state index in [1.165, 1.54) is 0 Å². The van der Waals surface area contributed by atoms with Crippen molar-refractivity contribution in [1.82, 2.24) is 0 Å². The maximum atomic E-state index is 10.7. The first-order valence-corrected chi connectivity index (χ1v) is 4.63. The standard InChI is InChI=1S/C10H13BO3/c1-2-3-8-4-5-10(11(13)14)9(6-8)7-12/h4-7,13-14H,2-3H2,1H3. The minimum absolute atomic E-state index is 0.264. The molecule has 0 aromatic heterocycles. The average Bonchev–Trinajstić information content (AvgIpc) is 2.17. The smallest absolute Gasteiger partial charge is 0.423 e. The lowest BCUT2D eigenvalue weighted by molar-refractivity contribution is 0.112. The summed E-state index contributed by atoms with van der Waals surface area (Å²) in [5, 5.41) is 17.9. The molecule has 0 amide bonds. The normalized spacial score (nSPS) is 9.93. The van der Waals surface area contributed by atoms with Crippen LogP contribution in [0.25, 0.3) is 0 Å². The molecule has 1 rings (SSSR count). The summed E-state index contributed by atoms with van der Waals surface area (Å²) in [6, 6.07) is 5.09. The molecule has 0 fully saturated rings. The van der Waals surface area contributed by atoms with E-state index in [1.54, 1.807) is 12.1 Å². The molecule has 1 aromatic carbocycles. The van der Waals surface area contributed by atoms with Crippen LogP contribution in [-0.4, -0.2) is 23.5 Å². The Balaban J connectivity index is 3.05. The number of hydrogen-bond donors (Lipinski definition) is 2. The van der Waals surface area contributed by atoms with Gasteiger partial charge < -0.3 is 10.0 Å². The summed E-state index contributed by atoms with van der Waals surface area (Å²) in [5.74, 6) is 0. The number of aldehydes is 1. The molecule has 0 bridgehead atoms. The van der Waals surface area contributed by atoms with Crippen LogP contribution >= 0.6 is 0 Å². The summed E-state index contributed by atoms with van der Waals surface area (Å²) in [6.45, 7) is 2.05. The number of carbonyl (C=O) groups excluding carboxylic acids is 1. The molecule has 0 aliphatic rings. The van der Waals surface area contributed by atoms with Crippen LogP contribution < -0.4 is 5.46 Å². The van der Waals surface area contributed by atoms with Gasteiger partial charge in [-0.2, -0.15) is 0 Å². The van der Waals surface area contributed by atoms with E-state index in [0.717, 1.165) is 18.4 Å². The number of aryl methyl sites for hydroxylation is 1. The van der Waals surface area contributed by atoms with E-state index >= 15 is 0 Å². The Hall–Kier alpha value is -1.13. The second kappa shape index (κ2) is 4.93. The van der Waals surface area contributed by atoms with Crippen LogP contribution in [-0.2, 0) is 6.42 Å². The number of benzene rings is 1. The van der Waals surface area contributed by atoms with E-state index in [4.69, 9.17) is 10.0 Å². The third-order valence-electron chi connectivity index (χ3n) is 2.10. The maximum absolute atomic E-state index is 10.7. The molecule has 1 aromatic rings. The van der Waals surface area contributed by atoms with Crippen molar-refractivity contribution < 1.29 is 14.8 Å². The summed E-state index contributed by atoms with van der Waals surface area (Å²) >= 11 is 0. The topological polar surface area (TPSA) is 57.5 Å². The van der Waals surface area contributed by atoms with Crippen LogP contribution in [0.1, 0.15) is 29.3 Å². The SMILES string of the molecule is CCCc1ccc(B(O)O)c(C=O)c1. The summed E-state index contributed by atoms with van der Waals surface area (Å²) < 4.78 is 0. The molecular weight excluding hydrogens is 179 g/mol. The number of hydrogen-bond acceptors (Lipinski definition) is 3. The van der Waals surface area contributed by atoms with Crippen molar-refractivity contribution in [3.8, 4) is 0 Å². The van der Waals surface area contributed by atoms with Crippen LogP contribution in [0.5, 0.6) is 0 Å². The van der Waals surface area contributed by atoms with Gasteiger partial charge in [0.2, 0.25) is 0 Å². The van der Waals surface area contributed by atoms with Crippen molar-refractivity contribution in [1.29, 1.82) is 0 Å². The van der Waals surface area contributed by atoms with E-state index in [-0.39, 0.29) is 5.46 Å². The zero-order valence-electron chi connectivity index (χ0n) is 8.10. The van der Waals surface area contributed by atoms with Gasteiger partial charge in [-0.3, -0.25) is 4.79 Å². The maximum Gasteiger partial charge on any atom is 0.489 e. The van der Waals surface area contributed by atoms with Gasteiger partial charge in [0.1, 0.15) is 6.29 Å². The van der Waals surface area contributed by atoms with Gasteiger partial charge in [0.15, 0.2) is 0 Å². The van der Waals surface area contributed by atoms with E-state index in [9.17, 15) is 4.79 Å². The summed E-state index contributed by atoms with van der Waals surface area (Å²) in [5.41, 5.74) is 1.66. The van der Waals surface area contributed by atoms with Crippen molar-refractivity contribution in [3.05, 3.63) is 29.3 Å². The first-order valence-electron chi connectivity index (χ1n) is 4.63. The number of carbonyl (C=O) groups is 1. The highest BCUT2D eigenvalue weighted by Crippen LogP contribution is 2.04. The highest BCUT2D eigenvalue weighted by molar-refractivity contribution is 6.60. The molecule has 0 saturated heterocycles. The molecule has 0 atom stereocenters. The fourth-order valence-corrected chi connectivity index (χ4v) is 1.41.